The predicted molar refractivity (Wildman–Crippen MR) is 172 cm³/mol. The van der Waals surface area contributed by atoms with Gasteiger partial charge in [0.2, 0.25) is 11.7 Å². The number of ketones is 2. The molecule has 0 bridgehead atoms. The topological polar surface area (TPSA) is 169 Å². The van der Waals surface area contributed by atoms with Crippen LogP contribution in [0, 0.1) is 12.8 Å². The zero-order valence-electron chi connectivity index (χ0n) is 28.2. The van der Waals surface area contributed by atoms with Gasteiger partial charge in [-0.1, -0.05) is 13.8 Å². The first kappa shape index (κ1) is 35.4. The van der Waals surface area contributed by atoms with Crippen molar-refractivity contribution in [2.45, 2.75) is 69.4 Å². The van der Waals surface area contributed by atoms with Crippen molar-refractivity contribution in [1.29, 1.82) is 0 Å². The van der Waals surface area contributed by atoms with Gasteiger partial charge in [-0.15, -0.1) is 0 Å². The van der Waals surface area contributed by atoms with Crippen LogP contribution in [0.25, 0.3) is 11.0 Å². The van der Waals surface area contributed by atoms with Gasteiger partial charge in [-0.3, -0.25) is 19.2 Å². The average molecular weight is 689 g/mol. The van der Waals surface area contributed by atoms with Gasteiger partial charge >= 0.3 is 0 Å². The summed E-state index contributed by atoms with van der Waals surface area (Å²) in [4.78, 5) is 56.5. The van der Waals surface area contributed by atoms with E-state index in [0.29, 0.717) is 55.1 Å². The number of carbonyl (C=O) groups excluding carboxylic acids is 4. The normalized spacial score (nSPS) is 28.0. The van der Waals surface area contributed by atoms with Crippen molar-refractivity contribution >= 4 is 34.4 Å². The summed E-state index contributed by atoms with van der Waals surface area (Å²) in [6.07, 6.45) is -3.94. The first-order chi connectivity index (χ1) is 23.4. The lowest BCUT2D eigenvalue weighted by atomic mass is 9.87. The van der Waals surface area contributed by atoms with E-state index < -0.39 is 66.4 Å². The Balaban J connectivity index is 1.19. The second-order valence-electron chi connectivity index (χ2n) is 13.8. The van der Waals surface area contributed by atoms with Crippen LogP contribution in [0.2, 0.25) is 0 Å². The van der Waals surface area contributed by atoms with Gasteiger partial charge in [0.15, 0.2) is 17.1 Å². The third-order valence-electron chi connectivity index (χ3n) is 9.74. The summed E-state index contributed by atoms with van der Waals surface area (Å²) >= 11 is 0. The number of likely N-dealkylation sites (tertiary alicyclic amines) is 1. The molecule has 1 aromatic carbocycles. The molecule has 2 aromatic rings. The summed E-state index contributed by atoms with van der Waals surface area (Å²) in [5.41, 5.74) is -1.15. The van der Waals surface area contributed by atoms with Crippen LogP contribution in [0.1, 0.15) is 36.4 Å². The lowest BCUT2D eigenvalue weighted by Gasteiger charge is -2.41. The van der Waals surface area contributed by atoms with Crippen LogP contribution in [0.15, 0.2) is 22.6 Å². The molecule has 0 saturated carbocycles. The molecule has 268 valence electrons. The van der Waals surface area contributed by atoms with E-state index >= 15 is 0 Å². The highest BCUT2D eigenvalue weighted by atomic mass is 19.1. The van der Waals surface area contributed by atoms with E-state index in [9.17, 15) is 28.7 Å². The minimum absolute atomic E-state index is 0.00768. The number of aryl methyl sites for hydroxylation is 1. The molecule has 6 unspecified atom stereocenters. The Bertz CT molecular complexity index is 1580. The molecule has 0 radical (unpaired) electrons. The first-order valence-electron chi connectivity index (χ1n) is 16.8. The van der Waals surface area contributed by atoms with Crippen LogP contribution in [0.4, 0.5) is 4.39 Å². The number of ether oxygens (including phenoxy) is 4. The molecule has 14 nitrogen and oxygen atoms in total. The predicted octanol–water partition coefficient (Wildman–Crippen LogP) is 0.401. The fraction of sp³-hybridized carbons (Fsp3) is 0.647. The Hall–Kier alpha value is -3.47. The van der Waals surface area contributed by atoms with Crippen LogP contribution in [-0.2, 0) is 28.6 Å². The molecule has 0 aliphatic carbocycles. The average Bonchev–Trinajstić information content (AvgIpc) is 3.75. The summed E-state index contributed by atoms with van der Waals surface area (Å²) < 4.78 is 43.4. The third kappa shape index (κ3) is 7.10. The number of carbonyl (C=O) groups is 4. The summed E-state index contributed by atoms with van der Waals surface area (Å²) in [5.74, 6) is -1.79. The van der Waals surface area contributed by atoms with Gasteiger partial charge in [-0.25, -0.2) is 4.39 Å². The van der Waals surface area contributed by atoms with Gasteiger partial charge in [-0.2, -0.15) is 0 Å². The van der Waals surface area contributed by atoms with E-state index in [-0.39, 0.29) is 43.6 Å². The third-order valence-corrected chi connectivity index (χ3v) is 9.74. The number of rotatable bonds is 11. The molecule has 15 heteroatoms. The molecule has 3 N–H and O–H groups in total. The molecule has 4 aliphatic rings. The summed E-state index contributed by atoms with van der Waals surface area (Å²) in [5, 5.41) is 18.3. The molecule has 4 fully saturated rings. The van der Waals surface area contributed by atoms with Crippen molar-refractivity contribution in [3.05, 3.63) is 29.5 Å². The number of amides is 2. The summed E-state index contributed by atoms with van der Waals surface area (Å²) in [6.45, 7) is 7.07. The van der Waals surface area contributed by atoms with Gasteiger partial charge in [0, 0.05) is 37.1 Å². The second kappa shape index (κ2) is 14.4. The Morgan fingerprint density at radius 2 is 1.98 bits per heavy atom. The first-order valence-corrected chi connectivity index (χ1v) is 16.8. The number of nitrogens with zero attached hydrogens (tertiary/aromatic N) is 2. The molecule has 0 spiro atoms. The monoisotopic (exact) mass is 688 g/mol. The summed E-state index contributed by atoms with van der Waals surface area (Å²) in [6, 6.07) is 2.83. The van der Waals surface area contributed by atoms with Crippen molar-refractivity contribution in [2.24, 2.45) is 5.92 Å². The number of halogens is 1. The molecule has 4 aliphatic heterocycles. The SMILES string of the molecule is Cc1c(C(=O)NC(CC(C)C)C(=O)N2CC(F)C3OCC(=O)C32)oc2ccc(OCC(O)(C(=O)C3CNCCO3)[C@H]3CN(C)CCO3)cc12. The number of morpholine rings is 2. The number of hydrogen-bond acceptors (Lipinski definition) is 12. The van der Waals surface area contributed by atoms with E-state index in [1.165, 1.54) is 4.90 Å². The zero-order valence-corrected chi connectivity index (χ0v) is 28.2. The van der Waals surface area contributed by atoms with E-state index in [1.807, 2.05) is 25.8 Å². The second-order valence-corrected chi connectivity index (χ2v) is 13.8. The molecular formula is C34H45FN4O10. The van der Waals surface area contributed by atoms with E-state index in [1.54, 1.807) is 25.1 Å². The minimum Gasteiger partial charge on any atom is -0.490 e. The number of aliphatic hydroxyl groups is 1. The lowest BCUT2D eigenvalue weighted by molar-refractivity contribution is -0.184. The standard InChI is InChI=1S/C34H45FN4O10/c1-18(2)11-23(33(43)39-14-22(35)30-28(39)24(40)16-47-30)37-32(42)29-19(3)21-12-20(5-6-25(21)49-29)48-17-34(44,27-15-38(4)8-10-46-27)31(41)26-13-36-7-9-45-26/h5-6,12,18,22-23,26-28,30,36,44H,7-11,13-17H2,1-4H3,(H,37,42)/t22?,23?,26?,27-,28?,30?,34?/m1/s1. The van der Waals surface area contributed by atoms with Gasteiger partial charge in [0.1, 0.15) is 61.1 Å². The van der Waals surface area contributed by atoms with Crippen molar-refractivity contribution < 1.29 is 52.0 Å². The van der Waals surface area contributed by atoms with Gasteiger partial charge in [0.05, 0.1) is 19.8 Å². The number of benzene rings is 1. The van der Waals surface area contributed by atoms with Crippen LogP contribution in [-0.4, -0.2) is 147 Å². The van der Waals surface area contributed by atoms with E-state index in [0.717, 1.165) is 0 Å². The maximum atomic E-state index is 14.6. The molecule has 49 heavy (non-hydrogen) atoms. The van der Waals surface area contributed by atoms with Crippen LogP contribution in [0.3, 0.4) is 0 Å². The number of alkyl halides is 1. The van der Waals surface area contributed by atoms with Crippen molar-refractivity contribution in [1.82, 2.24) is 20.4 Å². The van der Waals surface area contributed by atoms with Crippen LogP contribution < -0.4 is 15.4 Å². The maximum Gasteiger partial charge on any atom is 0.287 e. The Morgan fingerprint density at radius 3 is 2.69 bits per heavy atom. The lowest BCUT2D eigenvalue weighted by Crippen LogP contribution is -2.64. The molecule has 6 rings (SSSR count). The van der Waals surface area contributed by atoms with Crippen molar-refractivity contribution in [3.8, 4) is 5.75 Å². The highest BCUT2D eigenvalue weighted by molar-refractivity contribution is 6.02. The Labute approximate surface area is 283 Å². The number of furan rings is 1. The van der Waals surface area contributed by atoms with E-state index in [2.05, 4.69) is 10.6 Å². The molecule has 5 heterocycles. The fourth-order valence-corrected chi connectivity index (χ4v) is 7.04. The van der Waals surface area contributed by atoms with Crippen molar-refractivity contribution in [3.63, 3.8) is 0 Å². The molecular weight excluding hydrogens is 643 g/mol. The number of hydrogen-bond donors (Lipinski definition) is 3. The van der Waals surface area contributed by atoms with Gasteiger partial charge < -0.3 is 48.9 Å². The number of likely N-dealkylation sites (N-methyl/N-ethyl adjacent to an activating group) is 1. The van der Waals surface area contributed by atoms with Crippen LogP contribution in [0.5, 0.6) is 5.75 Å². The Kier molecular flexibility index (Phi) is 10.4. The van der Waals surface area contributed by atoms with Gasteiger partial charge in [-0.05, 0) is 44.5 Å². The van der Waals surface area contributed by atoms with Crippen molar-refractivity contribution in [2.75, 3.05) is 66.2 Å². The van der Waals surface area contributed by atoms with Crippen LogP contribution >= 0.6 is 0 Å². The molecule has 2 amide bonds. The number of nitrogens with one attached hydrogen (secondary N) is 2. The Morgan fingerprint density at radius 1 is 1.18 bits per heavy atom. The summed E-state index contributed by atoms with van der Waals surface area (Å²) in [7, 11) is 1.89. The highest BCUT2D eigenvalue weighted by Gasteiger charge is 2.54. The highest BCUT2D eigenvalue weighted by Crippen LogP contribution is 2.32. The maximum absolute atomic E-state index is 14.6. The smallest absolute Gasteiger partial charge is 0.287 e. The minimum atomic E-state index is -2.01. The largest absolute Gasteiger partial charge is 0.490 e. The fourth-order valence-electron chi connectivity index (χ4n) is 7.04. The number of fused-ring (bicyclic) bond motifs is 2. The number of Topliss-reactive ketones (excluding diaryl/α,β-unsaturated/α-hetero) is 2. The van der Waals surface area contributed by atoms with E-state index in [4.69, 9.17) is 23.4 Å². The molecule has 1 aromatic heterocycles. The van der Waals surface area contributed by atoms with Gasteiger partial charge in [0.25, 0.3) is 5.91 Å². The zero-order chi connectivity index (χ0) is 35.0. The quantitative estimate of drug-likeness (QED) is 0.298. The molecule has 7 atom stereocenters. The molecule has 4 saturated heterocycles.